The molecule has 0 rings (SSSR count). The van der Waals surface area contributed by atoms with E-state index in [1.807, 2.05) is 0 Å². The van der Waals surface area contributed by atoms with Crippen molar-refractivity contribution in [2.24, 2.45) is 0 Å². The van der Waals surface area contributed by atoms with Crippen molar-refractivity contribution < 1.29 is 5.11 Å². The summed E-state index contributed by atoms with van der Waals surface area (Å²) in [7, 11) is 0. The van der Waals surface area contributed by atoms with Crippen molar-refractivity contribution in [1.29, 1.82) is 0 Å². The first-order chi connectivity index (χ1) is 7.11. The summed E-state index contributed by atoms with van der Waals surface area (Å²) in [5.74, 6) is 0. The van der Waals surface area contributed by atoms with E-state index in [1.54, 1.807) is 0 Å². The molecule has 2 heteroatoms. The standard InChI is InChI=1S/C13H29NO/c1-5-8-12(9-6-2)14-13(4,11-15)10-7-3/h12,14-15H,5-11H2,1-4H3. The van der Waals surface area contributed by atoms with Crippen molar-refractivity contribution in [2.45, 2.75) is 77.8 Å². The van der Waals surface area contributed by atoms with Crippen LogP contribution in [0.2, 0.25) is 0 Å². The summed E-state index contributed by atoms with van der Waals surface area (Å²) in [5, 5.41) is 13.1. The van der Waals surface area contributed by atoms with Gasteiger partial charge in [0.25, 0.3) is 0 Å². The maximum absolute atomic E-state index is 9.44. The van der Waals surface area contributed by atoms with Gasteiger partial charge in [-0.15, -0.1) is 0 Å². The van der Waals surface area contributed by atoms with Gasteiger partial charge < -0.3 is 10.4 Å². The zero-order chi connectivity index (χ0) is 11.7. The largest absolute Gasteiger partial charge is 0.394 e. The monoisotopic (exact) mass is 215 g/mol. The Bertz CT molecular complexity index is 143. The maximum Gasteiger partial charge on any atom is 0.0610 e. The normalized spacial score (nSPS) is 15.6. The summed E-state index contributed by atoms with van der Waals surface area (Å²) in [6, 6.07) is 0.573. The third kappa shape index (κ3) is 6.16. The van der Waals surface area contributed by atoms with Gasteiger partial charge >= 0.3 is 0 Å². The molecular formula is C13H29NO. The fourth-order valence-corrected chi connectivity index (χ4v) is 2.23. The molecule has 0 aromatic heterocycles. The second-order valence-electron chi connectivity index (χ2n) is 4.89. The van der Waals surface area contributed by atoms with Crippen LogP contribution in [-0.4, -0.2) is 23.3 Å². The van der Waals surface area contributed by atoms with Crippen LogP contribution in [0.25, 0.3) is 0 Å². The molecule has 2 N–H and O–H groups in total. The second kappa shape index (κ2) is 8.12. The van der Waals surface area contributed by atoms with Crippen LogP contribution in [0, 0.1) is 0 Å². The number of rotatable bonds is 9. The Morgan fingerprint density at radius 3 is 1.93 bits per heavy atom. The number of hydrogen-bond acceptors (Lipinski definition) is 2. The quantitative estimate of drug-likeness (QED) is 0.619. The lowest BCUT2D eigenvalue weighted by Crippen LogP contribution is -2.50. The molecule has 0 amide bonds. The molecule has 0 bridgehead atoms. The van der Waals surface area contributed by atoms with Crippen molar-refractivity contribution >= 4 is 0 Å². The third-order valence-electron chi connectivity index (χ3n) is 2.98. The molecule has 15 heavy (non-hydrogen) atoms. The van der Waals surface area contributed by atoms with Gasteiger partial charge in [-0.1, -0.05) is 40.0 Å². The fourth-order valence-electron chi connectivity index (χ4n) is 2.23. The SMILES string of the molecule is CCCC(CCC)NC(C)(CO)CCC. The van der Waals surface area contributed by atoms with Gasteiger partial charge in [-0.05, 0) is 26.2 Å². The Labute approximate surface area is 95.5 Å². The summed E-state index contributed by atoms with van der Waals surface area (Å²) >= 11 is 0. The molecule has 0 saturated heterocycles. The van der Waals surface area contributed by atoms with Gasteiger partial charge in [0, 0.05) is 11.6 Å². The van der Waals surface area contributed by atoms with E-state index in [2.05, 4.69) is 33.0 Å². The molecule has 0 heterocycles. The highest BCUT2D eigenvalue weighted by Crippen LogP contribution is 2.16. The maximum atomic E-state index is 9.44. The van der Waals surface area contributed by atoms with Gasteiger partial charge in [0.05, 0.1) is 6.61 Å². The van der Waals surface area contributed by atoms with Gasteiger partial charge in [0.1, 0.15) is 0 Å². The molecule has 0 aliphatic carbocycles. The van der Waals surface area contributed by atoms with Gasteiger partial charge in [-0.25, -0.2) is 0 Å². The lowest BCUT2D eigenvalue weighted by atomic mass is 9.94. The average Bonchev–Trinajstić information content (AvgIpc) is 2.19. The lowest BCUT2D eigenvalue weighted by Gasteiger charge is -2.33. The molecule has 0 aliphatic rings. The third-order valence-corrected chi connectivity index (χ3v) is 2.98. The first-order valence-electron chi connectivity index (χ1n) is 6.50. The first-order valence-corrected chi connectivity index (χ1v) is 6.50. The summed E-state index contributed by atoms with van der Waals surface area (Å²) in [5.41, 5.74) is -0.0796. The number of aliphatic hydroxyl groups is 1. The van der Waals surface area contributed by atoms with Crippen LogP contribution < -0.4 is 5.32 Å². The van der Waals surface area contributed by atoms with E-state index in [0.29, 0.717) is 6.04 Å². The lowest BCUT2D eigenvalue weighted by molar-refractivity contribution is 0.146. The van der Waals surface area contributed by atoms with E-state index < -0.39 is 0 Å². The Morgan fingerprint density at radius 1 is 1.07 bits per heavy atom. The molecule has 1 atom stereocenters. The van der Waals surface area contributed by atoms with E-state index >= 15 is 0 Å². The van der Waals surface area contributed by atoms with Crippen LogP contribution in [-0.2, 0) is 0 Å². The average molecular weight is 215 g/mol. The van der Waals surface area contributed by atoms with E-state index in [0.717, 1.165) is 12.8 Å². The molecule has 92 valence electrons. The summed E-state index contributed by atoms with van der Waals surface area (Å²) < 4.78 is 0. The number of aliphatic hydroxyl groups excluding tert-OH is 1. The van der Waals surface area contributed by atoms with E-state index in [1.165, 1.54) is 25.7 Å². The molecule has 1 unspecified atom stereocenters. The predicted molar refractivity (Wildman–Crippen MR) is 67.1 cm³/mol. The van der Waals surface area contributed by atoms with Crippen molar-refractivity contribution in [1.82, 2.24) is 5.32 Å². The Morgan fingerprint density at radius 2 is 1.60 bits per heavy atom. The van der Waals surface area contributed by atoms with Crippen LogP contribution in [0.1, 0.15) is 66.2 Å². The van der Waals surface area contributed by atoms with Crippen LogP contribution in [0.3, 0.4) is 0 Å². The molecule has 0 fully saturated rings. The second-order valence-corrected chi connectivity index (χ2v) is 4.89. The first kappa shape index (κ1) is 14.9. The molecule has 0 aromatic rings. The minimum atomic E-state index is -0.0796. The molecule has 0 aromatic carbocycles. The van der Waals surface area contributed by atoms with Gasteiger partial charge in [-0.2, -0.15) is 0 Å². The van der Waals surface area contributed by atoms with Gasteiger partial charge in [0.2, 0.25) is 0 Å². The van der Waals surface area contributed by atoms with E-state index in [9.17, 15) is 5.11 Å². The topological polar surface area (TPSA) is 32.3 Å². The predicted octanol–water partition coefficient (Wildman–Crippen LogP) is 3.10. The summed E-state index contributed by atoms with van der Waals surface area (Å²) in [6.45, 7) is 8.99. The molecule has 0 saturated carbocycles. The van der Waals surface area contributed by atoms with Gasteiger partial charge in [-0.3, -0.25) is 0 Å². The van der Waals surface area contributed by atoms with Crippen molar-refractivity contribution in [3.63, 3.8) is 0 Å². The van der Waals surface area contributed by atoms with Crippen LogP contribution in [0.5, 0.6) is 0 Å². The number of hydrogen-bond donors (Lipinski definition) is 2. The van der Waals surface area contributed by atoms with E-state index in [-0.39, 0.29) is 12.1 Å². The summed E-state index contributed by atoms with van der Waals surface area (Å²) in [6.07, 6.45) is 7.03. The zero-order valence-electron chi connectivity index (χ0n) is 11.0. The Hall–Kier alpha value is -0.0800. The van der Waals surface area contributed by atoms with Crippen LogP contribution in [0.4, 0.5) is 0 Å². The highest BCUT2D eigenvalue weighted by molar-refractivity contribution is 4.85. The molecule has 0 spiro atoms. The van der Waals surface area contributed by atoms with Crippen molar-refractivity contribution in [3.8, 4) is 0 Å². The highest BCUT2D eigenvalue weighted by Gasteiger charge is 2.24. The smallest absolute Gasteiger partial charge is 0.0610 e. The van der Waals surface area contributed by atoms with Crippen molar-refractivity contribution in [2.75, 3.05) is 6.61 Å². The zero-order valence-corrected chi connectivity index (χ0v) is 11.0. The Balaban J connectivity index is 4.19. The minimum Gasteiger partial charge on any atom is -0.394 e. The van der Waals surface area contributed by atoms with E-state index in [4.69, 9.17) is 0 Å². The summed E-state index contributed by atoms with van der Waals surface area (Å²) in [4.78, 5) is 0. The molecule has 0 aliphatic heterocycles. The van der Waals surface area contributed by atoms with Crippen molar-refractivity contribution in [3.05, 3.63) is 0 Å². The van der Waals surface area contributed by atoms with Crippen LogP contribution in [0.15, 0.2) is 0 Å². The van der Waals surface area contributed by atoms with Gasteiger partial charge in [0.15, 0.2) is 0 Å². The Kier molecular flexibility index (Phi) is 8.07. The fraction of sp³-hybridized carbons (Fsp3) is 1.00. The molecule has 0 radical (unpaired) electrons. The van der Waals surface area contributed by atoms with Crippen LogP contribution >= 0.6 is 0 Å². The highest BCUT2D eigenvalue weighted by atomic mass is 16.3. The molecule has 2 nitrogen and oxygen atoms in total. The molecular weight excluding hydrogens is 186 g/mol. The number of nitrogens with one attached hydrogen (secondary N) is 1. The minimum absolute atomic E-state index is 0.0796.